The topological polar surface area (TPSA) is 93.8 Å². The fourth-order valence-corrected chi connectivity index (χ4v) is 3.09. The van der Waals surface area contributed by atoms with E-state index in [4.69, 9.17) is 11.6 Å². The molecule has 0 radical (unpaired) electrons. The van der Waals surface area contributed by atoms with Crippen LogP contribution in [0.1, 0.15) is 5.69 Å². The molecule has 0 aliphatic carbocycles. The van der Waals surface area contributed by atoms with E-state index in [0.29, 0.717) is 21.8 Å². The van der Waals surface area contributed by atoms with Crippen LogP contribution in [-0.2, 0) is 0 Å². The van der Waals surface area contributed by atoms with E-state index in [0.717, 1.165) is 10.6 Å². The van der Waals surface area contributed by atoms with Crippen molar-refractivity contribution < 1.29 is 4.92 Å². The highest BCUT2D eigenvalue weighted by Gasteiger charge is 2.11. The first-order valence-corrected chi connectivity index (χ1v) is 7.70. The lowest BCUT2D eigenvalue weighted by Crippen LogP contribution is -1.98. The zero-order valence-corrected chi connectivity index (χ0v) is 13.4. The fraction of sp³-hybridized carbons (Fsp3) is 0.0714. The predicted molar refractivity (Wildman–Crippen MR) is 89.3 cm³/mol. The van der Waals surface area contributed by atoms with Gasteiger partial charge in [0.05, 0.1) is 21.2 Å². The summed E-state index contributed by atoms with van der Waals surface area (Å²) >= 11 is 7.25. The van der Waals surface area contributed by atoms with Crippen LogP contribution in [0.2, 0.25) is 4.47 Å². The molecule has 0 aliphatic heterocycles. The number of nitro benzene ring substituents is 1. The van der Waals surface area contributed by atoms with Gasteiger partial charge in [-0.05, 0) is 19.1 Å². The molecule has 9 heteroatoms. The number of rotatable bonds is 4. The maximum Gasteiger partial charge on any atom is 0.271 e. The minimum absolute atomic E-state index is 0.00348. The van der Waals surface area contributed by atoms with Crippen LogP contribution in [-0.4, -0.2) is 19.9 Å². The average molecular weight is 348 g/mol. The first-order valence-electron chi connectivity index (χ1n) is 6.51. The highest BCUT2D eigenvalue weighted by Crippen LogP contribution is 2.31. The molecule has 0 fully saturated rings. The average Bonchev–Trinajstić information content (AvgIpc) is 2.86. The Hall–Kier alpha value is -2.58. The molecular weight excluding hydrogens is 338 g/mol. The first kappa shape index (κ1) is 15.3. The number of anilines is 2. The molecule has 0 bridgehead atoms. The molecule has 23 heavy (non-hydrogen) atoms. The minimum Gasteiger partial charge on any atom is -0.324 e. The van der Waals surface area contributed by atoms with Crippen LogP contribution >= 0.6 is 22.9 Å². The summed E-state index contributed by atoms with van der Waals surface area (Å²) in [6, 6.07) is 7.90. The molecule has 0 saturated heterocycles. The van der Waals surface area contributed by atoms with E-state index in [9.17, 15) is 10.1 Å². The molecule has 0 atom stereocenters. The van der Waals surface area contributed by atoms with Crippen LogP contribution in [0.5, 0.6) is 0 Å². The molecule has 3 aromatic rings. The van der Waals surface area contributed by atoms with Crippen molar-refractivity contribution in [1.82, 2.24) is 15.0 Å². The number of nitrogens with zero attached hydrogens (tertiary/aromatic N) is 4. The van der Waals surface area contributed by atoms with Crippen LogP contribution in [0.15, 0.2) is 36.5 Å². The van der Waals surface area contributed by atoms with Crippen LogP contribution in [0.25, 0.3) is 10.6 Å². The Balaban J connectivity index is 1.90. The number of hydrogen-bond acceptors (Lipinski definition) is 7. The number of aromatic nitrogens is 3. The minimum atomic E-state index is -0.453. The van der Waals surface area contributed by atoms with Gasteiger partial charge in [0.2, 0.25) is 5.95 Å². The Labute approximate surface area is 140 Å². The number of halogens is 1. The van der Waals surface area contributed by atoms with Gasteiger partial charge in [0, 0.05) is 24.0 Å². The quantitative estimate of drug-likeness (QED) is 0.561. The molecule has 0 unspecified atom stereocenters. The summed E-state index contributed by atoms with van der Waals surface area (Å²) in [7, 11) is 0. The Morgan fingerprint density at radius 2 is 2.13 bits per heavy atom. The van der Waals surface area contributed by atoms with E-state index in [1.807, 2.05) is 6.92 Å². The molecule has 0 spiro atoms. The molecule has 1 aromatic carbocycles. The van der Waals surface area contributed by atoms with Gasteiger partial charge >= 0.3 is 0 Å². The molecule has 7 nitrogen and oxygen atoms in total. The van der Waals surface area contributed by atoms with Crippen LogP contribution in [0, 0.1) is 17.0 Å². The van der Waals surface area contributed by atoms with E-state index in [1.165, 1.54) is 23.5 Å². The largest absolute Gasteiger partial charge is 0.324 e. The van der Waals surface area contributed by atoms with E-state index < -0.39 is 4.92 Å². The number of nitrogens with one attached hydrogen (secondary N) is 1. The van der Waals surface area contributed by atoms with Gasteiger partial charge in [-0.25, -0.2) is 15.0 Å². The molecule has 0 aliphatic rings. The lowest BCUT2D eigenvalue weighted by Gasteiger charge is -2.06. The third-order valence-electron chi connectivity index (χ3n) is 2.97. The van der Waals surface area contributed by atoms with Crippen molar-refractivity contribution in [3.05, 3.63) is 56.8 Å². The number of thiazole rings is 1. The predicted octanol–water partition coefficient (Wildman–Crippen LogP) is 4.21. The molecule has 2 heterocycles. The van der Waals surface area contributed by atoms with Crippen molar-refractivity contribution in [2.45, 2.75) is 6.92 Å². The highest BCUT2D eigenvalue weighted by atomic mass is 35.5. The maximum atomic E-state index is 10.8. The van der Waals surface area contributed by atoms with E-state index in [1.54, 1.807) is 24.4 Å². The van der Waals surface area contributed by atoms with Gasteiger partial charge in [0.15, 0.2) is 4.47 Å². The first-order chi connectivity index (χ1) is 11.0. The van der Waals surface area contributed by atoms with Crippen LogP contribution < -0.4 is 5.32 Å². The summed E-state index contributed by atoms with van der Waals surface area (Å²) in [5, 5.41) is 13.8. The molecule has 0 amide bonds. The van der Waals surface area contributed by atoms with Gasteiger partial charge < -0.3 is 5.32 Å². The Kier molecular flexibility index (Phi) is 4.18. The van der Waals surface area contributed by atoms with Crippen molar-refractivity contribution >= 4 is 40.3 Å². The van der Waals surface area contributed by atoms with Gasteiger partial charge in [-0.3, -0.25) is 10.1 Å². The fourth-order valence-electron chi connectivity index (χ4n) is 1.97. The maximum absolute atomic E-state index is 10.8. The van der Waals surface area contributed by atoms with E-state index in [-0.39, 0.29) is 5.69 Å². The molecule has 2 aromatic heterocycles. The Morgan fingerprint density at radius 1 is 1.30 bits per heavy atom. The number of non-ortho nitro benzene ring substituents is 1. The lowest BCUT2D eigenvalue weighted by molar-refractivity contribution is -0.384. The summed E-state index contributed by atoms with van der Waals surface area (Å²) in [5.74, 6) is 0.340. The molecule has 0 saturated carbocycles. The monoisotopic (exact) mass is 347 g/mol. The van der Waals surface area contributed by atoms with Gasteiger partial charge in [-0.15, -0.1) is 11.3 Å². The van der Waals surface area contributed by atoms with Crippen LogP contribution in [0.4, 0.5) is 17.3 Å². The summed E-state index contributed by atoms with van der Waals surface area (Å²) in [5.41, 5.74) is 2.02. The molecule has 1 N–H and O–H groups in total. The summed E-state index contributed by atoms with van der Waals surface area (Å²) in [4.78, 5) is 23.9. The molecular formula is C14H10ClN5O2S. The van der Waals surface area contributed by atoms with Crippen molar-refractivity contribution in [2.75, 3.05) is 5.32 Å². The van der Waals surface area contributed by atoms with Crippen LogP contribution in [0.3, 0.4) is 0 Å². The molecule has 3 rings (SSSR count). The second kappa shape index (κ2) is 6.27. The normalized spacial score (nSPS) is 10.5. The summed E-state index contributed by atoms with van der Waals surface area (Å²) < 4.78 is 0.448. The second-order valence-corrected chi connectivity index (χ2v) is 6.16. The van der Waals surface area contributed by atoms with Crippen molar-refractivity contribution in [2.24, 2.45) is 0 Å². The number of aryl methyl sites for hydroxylation is 1. The van der Waals surface area contributed by atoms with Gasteiger partial charge in [0.25, 0.3) is 5.69 Å². The number of benzene rings is 1. The van der Waals surface area contributed by atoms with E-state index >= 15 is 0 Å². The standard InChI is InChI=1S/C14H10ClN5O2S/c1-8-12(23-13(15)17-8)11-5-6-16-14(19-11)18-9-3-2-4-10(7-9)20(21)22/h2-7H,1H3,(H,16,18,19). The summed E-state index contributed by atoms with van der Waals surface area (Å²) in [6.45, 7) is 1.85. The smallest absolute Gasteiger partial charge is 0.271 e. The SMILES string of the molecule is Cc1nc(Cl)sc1-c1ccnc(Nc2cccc([N+](=O)[O-])c2)n1. The third-order valence-corrected chi connectivity index (χ3v) is 4.26. The molecule has 116 valence electrons. The van der Waals surface area contributed by atoms with Gasteiger partial charge in [0.1, 0.15) is 0 Å². The lowest BCUT2D eigenvalue weighted by atomic mass is 10.3. The Bertz CT molecular complexity index is 883. The number of nitro groups is 1. The van der Waals surface area contributed by atoms with Gasteiger partial charge in [-0.1, -0.05) is 17.7 Å². The Morgan fingerprint density at radius 3 is 2.83 bits per heavy atom. The zero-order chi connectivity index (χ0) is 16.4. The summed E-state index contributed by atoms with van der Waals surface area (Å²) in [6.07, 6.45) is 1.61. The highest BCUT2D eigenvalue weighted by molar-refractivity contribution is 7.19. The van der Waals surface area contributed by atoms with E-state index in [2.05, 4.69) is 20.3 Å². The zero-order valence-electron chi connectivity index (χ0n) is 11.9. The third kappa shape index (κ3) is 3.43. The van der Waals surface area contributed by atoms with Crippen molar-refractivity contribution in [3.8, 4) is 10.6 Å². The van der Waals surface area contributed by atoms with Gasteiger partial charge in [-0.2, -0.15) is 0 Å². The van der Waals surface area contributed by atoms with Crippen molar-refractivity contribution in [3.63, 3.8) is 0 Å². The number of hydrogen-bond donors (Lipinski definition) is 1. The van der Waals surface area contributed by atoms with Crippen molar-refractivity contribution in [1.29, 1.82) is 0 Å². The second-order valence-electron chi connectivity index (χ2n) is 4.58.